The van der Waals surface area contributed by atoms with Gasteiger partial charge in [-0.3, -0.25) is 14.3 Å². The van der Waals surface area contributed by atoms with Crippen molar-refractivity contribution in [3.63, 3.8) is 0 Å². The van der Waals surface area contributed by atoms with Crippen LogP contribution in [-0.4, -0.2) is 33.6 Å². The summed E-state index contributed by atoms with van der Waals surface area (Å²) >= 11 is 0. The normalized spacial score (nSPS) is 10.8. The van der Waals surface area contributed by atoms with Crippen LogP contribution in [0.5, 0.6) is 11.5 Å². The zero-order valence-corrected chi connectivity index (χ0v) is 18.8. The molecule has 0 aliphatic carbocycles. The Morgan fingerprint density at radius 2 is 1.73 bits per heavy atom. The van der Waals surface area contributed by atoms with E-state index in [2.05, 4.69) is 10.0 Å². The summed E-state index contributed by atoms with van der Waals surface area (Å²) in [5.74, 6) is -0.351. The summed E-state index contributed by atoms with van der Waals surface area (Å²) in [6.45, 7) is 0.130. The highest BCUT2D eigenvalue weighted by Gasteiger charge is 2.13. The number of ether oxygens (including phenoxy) is 2. The number of nitrogens with two attached hydrogens (primary N) is 1. The van der Waals surface area contributed by atoms with E-state index in [-0.39, 0.29) is 29.5 Å². The summed E-state index contributed by atoms with van der Waals surface area (Å²) in [6.07, 6.45) is 1.03. The van der Waals surface area contributed by atoms with Crippen LogP contribution >= 0.6 is 0 Å². The lowest BCUT2D eigenvalue weighted by Crippen LogP contribution is -2.14. The molecule has 3 aromatic carbocycles. The van der Waals surface area contributed by atoms with E-state index in [4.69, 9.17) is 15.2 Å². The maximum absolute atomic E-state index is 12.7. The van der Waals surface area contributed by atoms with Crippen LogP contribution < -0.4 is 25.2 Å². The predicted molar refractivity (Wildman–Crippen MR) is 125 cm³/mol. The molecule has 0 radical (unpaired) electrons. The Kier molecular flexibility index (Phi) is 7.19. The number of carbonyl (C=O) groups excluding carboxylic acids is 2. The molecule has 3 rings (SSSR count). The highest BCUT2D eigenvalue weighted by Crippen LogP contribution is 2.29. The minimum absolute atomic E-state index is 0.130. The number of rotatable bonds is 9. The molecule has 0 spiro atoms. The van der Waals surface area contributed by atoms with Crippen molar-refractivity contribution in [2.45, 2.75) is 6.61 Å². The number of hydrogen-bond donors (Lipinski definition) is 3. The van der Waals surface area contributed by atoms with Crippen LogP contribution in [0.1, 0.15) is 26.3 Å². The molecule has 0 saturated heterocycles. The van der Waals surface area contributed by atoms with Crippen LogP contribution in [0.3, 0.4) is 0 Å². The van der Waals surface area contributed by atoms with Crippen molar-refractivity contribution < 1.29 is 27.5 Å². The molecular formula is C23H23N3O6S. The summed E-state index contributed by atoms with van der Waals surface area (Å²) in [4.78, 5) is 24.3. The SMILES string of the molecule is COc1cc(NC(=O)c2cccc(COc3ccccc3C(N)=O)c2)ccc1NS(C)(=O)=O. The molecule has 4 N–H and O–H groups in total. The van der Waals surface area contributed by atoms with E-state index in [0.717, 1.165) is 6.26 Å². The summed E-state index contributed by atoms with van der Waals surface area (Å²) in [7, 11) is -2.08. The van der Waals surface area contributed by atoms with Crippen molar-refractivity contribution >= 4 is 33.2 Å². The highest BCUT2D eigenvalue weighted by molar-refractivity contribution is 7.92. The van der Waals surface area contributed by atoms with Crippen LogP contribution in [0, 0.1) is 0 Å². The second-order valence-electron chi connectivity index (χ2n) is 7.09. The topological polar surface area (TPSA) is 137 Å². The molecule has 33 heavy (non-hydrogen) atoms. The molecule has 10 heteroatoms. The van der Waals surface area contributed by atoms with Crippen molar-refractivity contribution in [2.75, 3.05) is 23.4 Å². The van der Waals surface area contributed by atoms with Gasteiger partial charge in [0.2, 0.25) is 10.0 Å². The Hall–Kier alpha value is -4.05. The fourth-order valence-electron chi connectivity index (χ4n) is 3.02. The second-order valence-corrected chi connectivity index (χ2v) is 8.84. The number of primary amides is 1. The highest BCUT2D eigenvalue weighted by atomic mass is 32.2. The Balaban J connectivity index is 1.72. The van der Waals surface area contributed by atoms with Crippen molar-refractivity contribution in [1.29, 1.82) is 0 Å². The lowest BCUT2D eigenvalue weighted by atomic mass is 10.1. The molecule has 3 aromatic rings. The molecule has 0 aliphatic heterocycles. The van der Waals surface area contributed by atoms with Crippen LogP contribution in [0.25, 0.3) is 0 Å². The molecule has 172 valence electrons. The van der Waals surface area contributed by atoms with E-state index in [1.807, 2.05) is 0 Å². The second kappa shape index (κ2) is 10.0. The third kappa shape index (κ3) is 6.47. The number of amides is 2. The van der Waals surface area contributed by atoms with E-state index >= 15 is 0 Å². The minimum Gasteiger partial charge on any atom is -0.494 e. The molecule has 0 saturated carbocycles. The molecule has 9 nitrogen and oxygen atoms in total. The van der Waals surface area contributed by atoms with Crippen molar-refractivity contribution in [3.8, 4) is 11.5 Å². The minimum atomic E-state index is -3.48. The van der Waals surface area contributed by atoms with E-state index in [1.165, 1.54) is 19.2 Å². The van der Waals surface area contributed by atoms with Gasteiger partial charge in [0.15, 0.2) is 0 Å². The molecule has 0 atom stereocenters. The largest absolute Gasteiger partial charge is 0.494 e. The zero-order valence-electron chi connectivity index (χ0n) is 18.0. The summed E-state index contributed by atoms with van der Waals surface area (Å²) in [5, 5.41) is 2.75. The first kappa shape index (κ1) is 23.6. The van der Waals surface area contributed by atoms with Crippen molar-refractivity contribution in [1.82, 2.24) is 0 Å². The van der Waals surface area contributed by atoms with E-state index < -0.39 is 15.9 Å². The fraction of sp³-hybridized carbons (Fsp3) is 0.130. The summed E-state index contributed by atoms with van der Waals surface area (Å²) < 4.78 is 36.2. The third-order valence-corrected chi connectivity index (χ3v) is 5.08. The Morgan fingerprint density at radius 1 is 0.970 bits per heavy atom. The number of sulfonamides is 1. The lowest BCUT2D eigenvalue weighted by Gasteiger charge is -2.13. The molecular weight excluding hydrogens is 446 g/mol. The number of para-hydroxylation sites is 1. The van der Waals surface area contributed by atoms with Crippen molar-refractivity contribution in [2.24, 2.45) is 5.73 Å². The molecule has 0 aliphatic rings. The van der Waals surface area contributed by atoms with Crippen LogP contribution in [0.15, 0.2) is 66.7 Å². The van der Waals surface area contributed by atoms with Gasteiger partial charge in [-0.15, -0.1) is 0 Å². The van der Waals surface area contributed by atoms with Gasteiger partial charge in [0, 0.05) is 17.3 Å². The van der Waals surface area contributed by atoms with Crippen LogP contribution in [0.2, 0.25) is 0 Å². The summed E-state index contributed by atoms with van der Waals surface area (Å²) in [6, 6.07) is 18.0. The van der Waals surface area contributed by atoms with Crippen molar-refractivity contribution in [3.05, 3.63) is 83.4 Å². The van der Waals surface area contributed by atoms with Crippen LogP contribution in [0.4, 0.5) is 11.4 Å². The van der Waals surface area contributed by atoms with E-state index in [1.54, 1.807) is 54.6 Å². The maximum Gasteiger partial charge on any atom is 0.255 e. The molecule has 0 unspecified atom stereocenters. The quantitative estimate of drug-likeness (QED) is 0.441. The molecule has 2 amide bonds. The number of hydrogen-bond acceptors (Lipinski definition) is 6. The smallest absolute Gasteiger partial charge is 0.255 e. The van der Waals surface area contributed by atoms with Gasteiger partial charge < -0.3 is 20.5 Å². The number of anilines is 2. The molecule has 0 bridgehead atoms. The third-order valence-electron chi connectivity index (χ3n) is 4.49. The number of benzene rings is 3. The van der Waals surface area contributed by atoms with Gasteiger partial charge in [0.05, 0.1) is 24.6 Å². The predicted octanol–water partition coefficient (Wildman–Crippen LogP) is 3.00. The Labute approximate surface area is 191 Å². The zero-order chi connectivity index (χ0) is 24.0. The fourth-order valence-corrected chi connectivity index (χ4v) is 3.58. The Morgan fingerprint density at radius 3 is 2.42 bits per heavy atom. The number of nitrogens with one attached hydrogen (secondary N) is 2. The van der Waals surface area contributed by atoms with Gasteiger partial charge in [0.25, 0.3) is 11.8 Å². The van der Waals surface area contributed by atoms with Gasteiger partial charge in [-0.05, 0) is 42.0 Å². The monoisotopic (exact) mass is 469 g/mol. The lowest BCUT2D eigenvalue weighted by molar-refractivity contribution is 0.0994. The molecule has 0 fully saturated rings. The number of carbonyl (C=O) groups is 2. The van der Waals surface area contributed by atoms with Crippen LogP contribution in [-0.2, 0) is 16.6 Å². The van der Waals surface area contributed by atoms with E-state index in [0.29, 0.717) is 22.6 Å². The van der Waals surface area contributed by atoms with Gasteiger partial charge in [-0.1, -0.05) is 24.3 Å². The van der Waals surface area contributed by atoms with Gasteiger partial charge in [0.1, 0.15) is 18.1 Å². The Bertz CT molecular complexity index is 1290. The standard InChI is InChI=1S/C23H23N3O6S/c1-31-21-13-17(10-11-19(21)26-33(2,29)30)25-23(28)16-7-5-6-15(12-16)14-32-20-9-4-3-8-18(20)22(24)27/h3-13,26H,14H2,1-2H3,(H2,24,27)(H,25,28). The van der Waals surface area contributed by atoms with Gasteiger partial charge in [-0.25, -0.2) is 8.42 Å². The first-order chi connectivity index (χ1) is 15.7. The van der Waals surface area contributed by atoms with Gasteiger partial charge >= 0.3 is 0 Å². The van der Waals surface area contributed by atoms with Gasteiger partial charge in [-0.2, -0.15) is 0 Å². The number of methoxy groups -OCH3 is 1. The van der Waals surface area contributed by atoms with E-state index in [9.17, 15) is 18.0 Å². The summed E-state index contributed by atoms with van der Waals surface area (Å²) in [5.41, 5.74) is 7.42. The maximum atomic E-state index is 12.7. The molecule has 0 heterocycles. The first-order valence-corrected chi connectivity index (χ1v) is 11.6. The molecule has 0 aromatic heterocycles. The average molecular weight is 470 g/mol. The average Bonchev–Trinajstić information content (AvgIpc) is 2.78. The first-order valence-electron chi connectivity index (χ1n) is 9.74.